The number of imide groups is 1. The van der Waals surface area contributed by atoms with Gasteiger partial charge in [-0.25, -0.2) is 0 Å². The first-order valence-electron chi connectivity index (χ1n) is 10.1. The monoisotopic (exact) mass is 392 g/mol. The molecule has 2 fully saturated rings. The Labute approximate surface area is 169 Å². The van der Waals surface area contributed by atoms with Crippen LogP contribution in [0.1, 0.15) is 31.2 Å². The number of hydrogen-bond donors (Lipinski definition) is 1. The third-order valence-electron chi connectivity index (χ3n) is 5.60. The third-order valence-corrected chi connectivity index (χ3v) is 5.60. The number of ether oxygens (including phenoxy) is 1. The Balaban J connectivity index is 1.32. The molecule has 1 aliphatic carbocycles. The zero-order valence-electron chi connectivity index (χ0n) is 16.2. The first-order chi connectivity index (χ1) is 14.1. The summed E-state index contributed by atoms with van der Waals surface area (Å²) < 4.78 is 5.81. The molecule has 2 aromatic carbocycles. The molecule has 3 amide bonds. The average molecular weight is 392 g/mol. The lowest BCUT2D eigenvalue weighted by Gasteiger charge is -2.19. The van der Waals surface area contributed by atoms with E-state index < -0.39 is 0 Å². The number of rotatable bonds is 6. The summed E-state index contributed by atoms with van der Waals surface area (Å²) in [5, 5.41) is 2.80. The summed E-state index contributed by atoms with van der Waals surface area (Å²) in [5.41, 5.74) is 0.875. The Kier molecular flexibility index (Phi) is 5.60. The van der Waals surface area contributed by atoms with Crippen molar-refractivity contribution in [1.29, 1.82) is 0 Å². The van der Waals surface area contributed by atoms with Gasteiger partial charge in [0.2, 0.25) is 17.7 Å². The summed E-state index contributed by atoms with van der Waals surface area (Å²) in [7, 11) is 0. The van der Waals surface area contributed by atoms with Crippen LogP contribution < -0.4 is 10.1 Å². The van der Waals surface area contributed by atoms with Crippen LogP contribution in [0, 0.1) is 11.8 Å². The van der Waals surface area contributed by atoms with E-state index in [2.05, 4.69) is 5.32 Å². The molecule has 0 unspecified atom stereocenters. The molecule has 0 radical (unpaired) electrons. The normalized spacial score (nSPS) is 21.0. The Bertz CT molecular complexity index is 888. The van der Waals surface area contributed by atoms with Gasteiger partial charge in [-0.2, -0.15) is 0 Å². The highest BCUT2D eigenvalue weighted by Crippen LogP contribution is 2.37. The van der Waals surface area contributed by atoms with Crippen molar-refractivity contribution < 1.29 is 19.1 Å². The summed E-state index contributed by atoms with van der Waals surface area (Å²) in [6.45, 7) is 0.0960. The minimum atomic E-state index is -0.334. The van der Waals surface area contributed by atoms with Gasteiger partial charge in [-0.05, 0) is 42.7 Å². The van der Waals surface area contributed by atoms with Crippen LogP contribution in [0.25, 0.3) is 0 Å². The van der Waals surface area contributed by atoms with Crippen LogP contribution in [0.15, 0.2) is 54.6 Å². The van der Waals surface area contributed by atoms with Gasteiger partial charge in [-0.3, -0.25) is 19.3 Å². The van der Waals surface area contributed by atoms with Gasteiger partial charge in [-0.15, -0.1) is 0 Å². The van der Waals surface area contributed by atoms with Gasteiger partial charge in [-0.1, -0.05) is 43.2 Å². The second-order valence-corrected chi connectivity index (χ2v) is 7.60. The summed E-state index contributed by atoms with van der Waals surface area (Å²) in [6, 6.07) is 16.9. The van der Waals surface area contributed by atoms with Gasteiger partial charge in [0, 0.05) is 6.54 Å². The number of nitrogens with one attached hydrogen (secondary N) is 1. The number of amides is 3. The SMILES string of the molecule is O=C(CN1C(=O)[C@@H]2CCCC[C@H]2C1=O)NCc1cccc(Oc2ccccc2)c1. The molecule has 0 aromatic heterocycles. The molecule has 150 valence electrons. The van der Waals surface area contributed by atoms with Crippen LogP contribution in [-0.4, -0.2) is 29.2 Å². The number of hydrogen-bond acceptors (Lipinski definition) is 4. The molecule has 0 bridgehead atoms. The van der Waals surface area contributed by atoms with Crippen LogP contribution >= 0.6 is 0 Å². The van der Waals surface area contributed by atoms with Gasteiger partial charge in [0.15, 0.2) is 0 Å². The Hall–Kier alpha value is -3.15. The maximum Gasteiger partial charge on any atom is 0.240 e. The van der Waals surface area contributed by atoms with Crippen molar-refractivity contribution in [3.8, 4) is 11.5 Å². The van der Waals surface area contributed by atoms with Crippen molar-refractivity contribution >= 4 is 17.7 Å². The summed E-state index contributed by atoms with van der Waals surface area (Å²) >= 11 is 0. The topological polar surface area (TPSA) is 75.7 Å². The van der Waals surface area contributed by atoms with Gasteiger partial charge in [0.1, 0.15) is 18.0 Å². The number of benzene rings is 2. The van der Waals surface area contributed by atoms with Crippen LogP contribution in [0.3, 0.4) is 0 Å². The zero-order chi connectivity index (χ0) is 20.2. The Morgan fingerprint density at radius 2 is 1.59 bits per heavy atom. The molecule has 1 heterocycles. The maximum atomic E-state index is 12.5. The molecular formula is C23H24N2O4. The molecule has 1 saturated heterocycles. The van der Waals surface area contributed by atoms with E-state index in [1.807, 2.05) is 54.6 Å². The molecule has 2 atom stereocenters. The fourth-order valence-corrected chi connectivity index (χ4v) is 4.13. The lowest BCUT2D eigenvalue weighted by Crippen LogP contribution is -2.40. The highest BCUT2D eigenvalue weighted by atomic mass is 16.5. The van der Waals surface area contributed by atoms with E-state index >= 15 is 0 Å². The number of carbonyl (C=O) groups excluding carboxylic acids is 3. The van der Waals surface area contributed by atoms with E-state index in [1.165, 1.54) is 0 Å². The summed E-state index contributed by atoms with van der Waals surface area (Å²) in [5.74, 6) is 0.255. The molecule has 2 aromatic rings. The van der Waals surface area contributed by atoms with E-state index in [0.717, 1.165) is 41.9 Å². The van der Waals surface area contributed by atoms with Crippen molar-refractivity contribution in [2.45, 2.75) is 32.2 Å². The molecule has 4 rings (SSSR count). The van der Waals surface area contributed by atoms with Crippen LogP contribution in [0.4, 0.5) is 0 Å². The maximum absolute atomic E-state index is 12.5. The minimum Gasteiger partial charge on any atom is -0.457 e. The van der Waals surface area contributed by atoms with Crippen molar-refractivity contribution in [2.24, 2.45) is 11.8 Å². The van der Waals surface area contributed by atoms with Gasteiger partial charge < -0.3 is 10.1 Å². The molecule has 6 heteroatoms. The smallest absolute Gasteiger partial charge is 0.240 e. The molecule has 2 aliphatic rings. The fourth-order valence-electron chi connectivity index (χ4n) is 4.13. The Morgan fingerprint density at radius 3 is 2.28 bits per heavy atom. The number of para-hydroxylation sites is 1. The molecule has 1 aliphatic heterocycles. The summed E-state index contributed by atoms with van der Waals surface area (Å²) in [4.78, 5) is 38.5. The quantitative estimate of drug-likeness (QED) is 0.766. The molecule has 1 saturated carbocycles. The van der Waals surface area contributed by atoms with Crippen LogP contribution in [0.2, 0.25) is 0 Å². The number of carbonyl (C=O) groups is 3. The molecule has 0 spiro atoms. The predicted molar refractivity (Wildman–Crippen MR) is 107 cm³/mol. The first-order valence-corrected chi connectivity index (χ1v) is 10.1. The van der Waals surface area contributed by atoms with Crippen molar-refractivity contribution in [3.63, 3.8) is 0 Å². The van der Waals surface area contributed by atoms with E-state index in [9.17, 15) is 14.4 Å². The van der Waals surface area contributed by atoms with Crippen molar-refractivity contribution in [2.75, 3.05) is 6.54 Å². The minimum absolute atomic E-state index is 0.187. The molecule has 6 nitrogen and oxygen atoms in total. The zero-order valence-corrected chi connectivity index (χ0v) is 16.2. The second-order valence-electron chi connectivity index (χ2n) is 7.60. The van der Waals surface area contributed by atoms with E-state index in [1.54, 1.807) is 0 Å². The number of nitrogens with zero attached hydrogens (tertiary/aromatic N) is 1. The highest BCUT2D eigenvalue weighted by Gasteiger charge is 2.48. The van der Waals surface area contributed by atoms with Crippen molar-refractivity contribution in [3.05, 3.63) is 60.2 Å². The predicted octanol–water partition coefficient (Wildman–Crippen LogP) is 3.27. The van der Waals surface area contributed by atoms with E-state index in [0.29, 0.717) is 12.3 Å². The number of fused-ring (bicyclic) bond motifs is 1. The van der Waals surface area contributed by atoms with Crippen LogP contribution in [-0.2, 0) is 20.9 Å². The number of likely N-dealkylation sites (tertiary alicyclic amines) is 1. The average Bonchev–Trinajstić information content (AvgIpc) is 2.98. The van der Waals surface area contributed by atoms with E-state index in [4.69, 9.17) is 4.74 Å². The standard InChI is InChI=1S/C23H24N2O4/c26-21(15-25-22(27)19-11-4-5-12-20(19)23(25)28)24-14-16-7-6-10-18(13-16)29-17-8-2-1-3-9-17/h1-3,6-10,13,19-20H,4-5,11-12,14-15H2,(H,24,26)/t19-,20-/m1/s1. The second kappa shape index (κ2) is 8.47. The van der Waals surface area contributed by atoms with Crippen LogP contribution in [0.5, 0.6) is 11.5 Å². The largest absolute Gasteiger partial charge is 0.457 e. The lowest BCUT2D eigenvalue weighted by atomic mass is 9.81. The van der Waals surface area contributed by atoms with Gasteiger partial charge in [0.05, 0.1) is 11.8 Å². The Morgan fingerprint density at radius 1 is 0.931 bits per heavy atom. The molecular weight excluding hydrogens is 368 g/mol. The third kappa shape index (κ3) is 4.31. The highest BCUT2D eigenvalue weighted by molar-refractivity contribution is 6.07. The van der Waals surface area contributed by atoms with Gasteiger partial charge >= 0.3 is 0 Å². The lowest BCUT2D eigenvalue weighted by molar-refractivity contribution is -0.143. The fraction of sp³-hybridized carbons (Fsp3) is 0.348. The van der Waals surface area contributed by atoms with Gasteiger partial charge in [0.25, 0.3) is 0 Å². The van der Waals surface area contributed by atoms with E-state index in [-0.39, 0.29) is 36.1 Å². The molecule has 1 N–H and O–H groups in total. The summed E-state index contributed by atoms with van der Waals surface area (Å²) in [6.07, 6.45) is 3.45. The molecule has 29 heavy (non-hydrogen) atoms. The van der Waals surface area contributed by atoms with Crippen molar-refractivity contribution in [1.82, 2.24) is 10.2 Å². The first kappa shape index (κ1) is 19.2.